The van der Waals surface area contributed by atoms with E-state index in [0.717, 1.165) is 5.92 Å². The molecule has 0 aliphatic heterocycles. The van der Waals surface area contributed by atoms with Crippen molar-refractivity contribution in [1.82, 2.24) is 0 Å². The van der Waals surface area contributed by atoms with Gasteiger partial charge in [-0.25, -0.2) is 0 Å². The van der Waals surface area contributed by atoms with Crippen molar-refractivity contribution in [3.05, 3.63) is 43.2 Å². The van der Waals surface area contributed by atoms with E-state index in [1.165, 1.54) is 5.54 Å². The van der Waals surface area contributed by atoms with Crippen LogP contribution in [0.3, 0.4) is 0 Å². The van der Waals surface area contributed by atoms with Gasteiger partial charge < -0.3 is 0 Å². The molecule has 1 aliphatic rings. The van der Waals surface area contributed by atoms with Gasteiger partial charge in [0.05, 0.1) is 5.92 Å². The van der Waals surface area contributed by atoms with Gasteiger partial charge in [0.1, 0.15) is 0 Å². The Morgan fingerprint density at radius 2 is 2.00 bits per heavy atom. The second-order valence-corrected chi connectivity index (χ2v) is 1.99. The van der Waals surface area contributed by atoms with E-state index in [0.29, 0.717) is 0 Å². The molecule has 0 nitrogen and oxygen atoms in total. The lowest BCUT2D eigenvalue weighted by Crippen LogP contribution is -1.83. The average Bonchev–Trinajstić information content (AvgIpc) is 2.41. The number of hydrogen-bond acceptors (Lipinski definition) is 0. The highest BCUT2D eigenvalue weighted by atomic mass is 35.5. The molecule has 1 fully saturated rings. The zero-order valence-electron chi connectivity index (χ0n) is 5.34. The summed E-state index contributed by atoms with van der Waals surface area (Å²) >= 11 is 5.26. The largest absolute Gasteiger partial charge is 0.0923 e. The smallest absolute Gasteiger partial charge is 0.0557 e. The highest BCUT2D eigenvalue weighted by Crippen LogP contribution is 2.21. The first-order valence-electron chi connectivity index (χ1n) is 2.92. The summed E-state index contributed by atoms with van der Waals surface area (Å²) in [5.74, 6) is 6.70. The Morgan fingerprint density at radius 1 is 1.30 bits per heavy atom. The van der Waals surface area contributed by atoms with Crippen LogP contribution in [0.4, 0.5) is 0 Å². The van der Waals surface area contributed by atoms with Crippen LogP contribution in [-0.4, -0.2) is 0 Å². The molecule has 1 aliphatic carbocycles. The van der Waals surface area contributed by atoms with Crippen LogP contribution in [-0.2, 0) is 0 Å². The van der Waals surface area contributed by atoms with Crippen LogP contribution < -0.4 is 0 Å². The topological polar surface area (TPSA) is 0 Å². The number of allylic oxidation sites excluding steroid dienone is 1. The van der Waals surface area contributed by atoms with E-state index in [1.54, 1.807) is 6.08 Å². The van der Waals surface area contributed by atoms with E-state index < -0.39 is 0 Å². The molecule has 0 heterocycles. The summed E-state index contributed by atoms with van der Waals surface area (Å²) in [6.07, 6.45) is 9.42. The molecular weight excluding hydrogens is 144 g/mol. The van der Waals surface area contributed by atoms with Crippen molar-refractivity contribution in [3.8, 4) is 11.8 Å². The van der Waals surface area contributed by atoms with E-state index in [-0.39, 0.29) is 0 Å². The summed E-state index contributed by atoms with van der Waals surface area (Å²) in [6.45, 7) is 0. The molecule has 0 spiro atoms. The summed E-state index contributed by atoms with van der Waals surface area (Å²) < 4.78 is 0. The van der Waals surface area contributed by atoms with Gasteiger partial charge >= 0.3 is 0 Å². The van der Waals surface area contributed by atoms with Crippen molar-refractivity contribution in [2.24, 2.45) is 0 Å². The number of rotatable bonds is 0. The number of hydrogen-bond donors (Lipinski definition) is 0. The average molecular weight is 150 g/mol. The summed E-state index contributed by atoms with van der Waals surface area (Å²) in [6, 6.07) is 0. The van der Waals surface area contributed by atoms with Gasteiger partial charge in [0.25, 0.3) is 0 Å². The lowest BCUT2D eigenvalue weighted by Gasteiger charge is -1.90. The molecule has 10 heavy (non-hydrogen) atoms. The fraction of sp³-hybridized carbons (Fsp3) is 0. The molecule has 1 rings (SSSR count). The van der Waals surface area contributed by atoms with Gasteiger partial charge in [-0.1, -0.05) is 23.4 Å². The summed E-state index contributed by atoms with van der Waals surface area (Å²) in [4.78, 5) is 0. The first-order chi connectivity index (χ1) is 4.93. The molecular formula is C9H6Cl. The lowest BCUT2D eigenvalue weighted by molar-refractivity contribution is 1.43. The van der Waals surface area contributed by atoms with Crippen molar-refractivity contribution in [1.29, 1.82) is 0 Å². The maximum absolute atomic E-state index is 5.26. The van der Waals surface area contributed by atoms with Crippen LogP contribution in [0, 0.1) is 43.4 Å². The Morgan fingerprint density at radius 3 is 2.60 bits per heavy atom. The van der Waals surface area contributed by atoms with Gasteiger partial charge in [0, 0.05) is 5.54 Å². The first-order valence-corrected chi connectivity index (χ1v) is 3.35. The fourth-order valence-corrected chi connectivity index (χ4v) is 0.677. The Labute approximate surface area is 67.3 Å². The zero-order chi connectivity index (χ0) is 7.23. The third-order valence-corrected chi connectivity index (χ3v) is 1.15. The molecule has 1 heteroatoms. The molecule has 0 aromatic heterocycles. The van der Waals surface area contributed by atoms with E-state index in [9.17, 15) is 0 Å². The Hall–Kier alpha value is -0.410. The molecule has 0 saturated heterocycles. The second kappa shape index (κ2) is 4.41. The molecule has 0 amide bonds. The first kappa shape index (κ1) is 7.69. The zero-order valence-corrected chi connectivity index (χ0v) is 6.10. The lowest BCUT2D eigenvalue weighted by atomic mass is 10.1. The summed E-state index contributed by atoms with van der Waals surface area (Å²) in [5, 5.41) is 0. The minimum absolute atomic E-state index is 1.02. The van der Waals surface area contributed by atoms with Crippen LogP contribution in [0.25, 0.3) is 0 Å². The highest BCUT2D eigenvalue weighted by molar-refractivity contribution is 6.25. The quantitative estimate of drug-likeness (QED) is 0.463. The predicted octanol–water partition coefficient (Wildman–Crippen LogP) is 2.15. The van der Waals surface area contributed by atoms with Gasteiger partial charge in [0.15, 0.2) is 0 Å². The number of halogens is 1. The van der Waals surface area contributed by atoms with Gasteiger partial charge in [-0.2, -0.15) is 0 Å². The van der Waals surface area contributed by atoms with Crippen molar-refractivity contribution in [2.45, 2.75) is 0 Å². The molecule has 0 N–H and O–H groups in total. The Kier molecular flexibility index (Phi) is 3.40. The van der Waals surface area contributed by atoms with Gasteiger partial charge in [-0.05, 0) is 31.8 Å². The standard InChI is InChI=1S/C9H6Cl/c10-8-4-3-7-9-5-1-2-6-9/h1-2,4-6,8H/b8-4-. The van der Waals surface area contributed by atoms with E-state index in [1.807, 2.05) is 25.7 Å². The molecule has 0 bridgehead atoms. The van der Waals surface area contributed by atoms with E-state index in [2.05, 4.69) is 11.8 Å². The van der Waals surface area contributed by atoms with Crippen molar-refractivity contribution >= 4 is 11.6 Å². The monoisotopic (exact) mass is 149 g/mol. The van der Waals surface area contributed by atoms with Gasteiger partial charge in [0.2, 0.25) is 0 Å². The SMILES string of the molecule is Cl/C=C\C#C[C]1[CH][CH][CH][CH]1. The fourth-order valence-electron chi connectivity index (χ4n) is 0.614. The van der Waals surface area contributed by atoms with Crippen LogP contribution in [0.2, 0.25) is 0 Å². The van der Waals surface area contributed by atoms with Gasteiger partial charge in [-0.15, -0.1) is 0 Å². The van der Waals surface area contributed by atoms with Crippen LogP contribution in [0.5, 0.6) is 0 Å². The van der Waals surface area contributed by atoms with Crippen LogP contribution in [0.15, 0.2) is 11.6 Å². The molecule has 0 unspecified atom stereocenters. The third kappa shape index (κ3) is 2.45. The summed E-state index contributed by atoms with van der Waals surface area (Å²) in [5.41, 5.74) is 1.40. The Bertz CT molecular complexity index is 165. The third-order valence-electron chi connectivity index (χ3n) is 1.03. The molecule has 49 valence electrons. The van der Waals surface area contributed by atoms with E-state index >= 15 is 0 Å². The van der Waals surface area contributed by atoms with Crippen LogP contribution in [0.1, 0.15) is 0 Å². The van der Waals surface area contributed by atoms with Crippen molar-refractivity contribution < 1.29 is 0 Å². The minimum atomic E-state index is 1.02. The summed E-state index contributed by atoms with van der Waals surface area (Å²) in [7, 11) is 0. The van der Waals surface area contributed by atoms with Gasteiger partial charge in [-0.3, -0.25) is 0 Å². The van der Waals surface area contributed by atoms with E-state index in [4.69, 9.17) is 11.6 Å². The van der Waals surface area contributed by atoms with Crippen LogP contribution >= 0.6 is 11.6 Å². The maximum Gasteiger partial charge on any atom is 0.0557 e. The maximum atomic E-state index is 5.26. The molecule has 1 saturated carbocycles. The molecule has 5 radical (unpaired) electrons. The highest BCUT2D eigenvalue weighted by Gasteiger charge is 2.13. The predicted molar refractivity (Wildman–Crippen MR) is 43.2 cm³/mol. The van der Waals surface area contributed by atoms with Crippen molar-refractivity contribution in [3.63, 3.8) is 0 Å². The molecule has 0 aromatic rings. The second-order valence-electron chi connectivity index (χ2n) is 1.74. The normalized spacial score (nSPS) is 19.3. The minimum Gasteiger partial charge on any atom is -0.0923 e. The molecule has 0 aromatic carbocycles. The van der Waals surface area contributed by atoms with Crippen molar-refractivity contribution in [2.75, 3.05) is 0 Å². The Balaban J connectivity index is 2.31. The molecule has 0 atom stereocenters.